The van der Waals surface area contributed by atoms with Gasteiger partial charge in [-0.1, -0.05) is 6.92 Å². The molecule has 1 N–H and O–H groups in total. The zero-order chi connectivity index (χ0) is 17.6. The zero-order valence-corrected chi connectivity index (χ0v) is 14.6. The van der Waals surface area contributed by atoms with Crippen LogP contribution in [-0.2, 0) is 9.53 Å². The molecule has 1 amide bonds. The van der Waals surface area contributed by atoms with E-state index in [0.717, 1.165) is 35.8 Å². The summed E-state index contributed by atoms with van der Waals surface area (Å²) in [5, 5.41) is 2.98. The smallest absolute Gasteiger partial charge is 0.244 e. The number of aromatic nitrogens is 1. The molecule has 25 heavy (non-hydrogen) atoms. The largest absolute Gasteiger partial charge is 0.457 e. The lowest BCUT2D eigenvalue weighted by Gasteiger charge is -2.33. The number of morpholine rings is 1. The van der Waals surface area contributed by atoms with Crippen LogP contribution in [0.2, 0.25) is 0 Å². The number of pyridine rings is 1. The second kappa shape index (κ2) is 8.09. The van der Waals surface area contributed by atoms with Gasteiger partial charge in [0.15, 0.2) is 0 Å². The maximum Gasteiger partial charge on any atom is 0.244 e. The summed E-state index contributed by atoms with van der Waals surface area (Å²) in [7, 11) is 0. The van der Waals surface area contributed by atoms with Crippen LogP contribution < -0.4 is 10.1 Å². The second-order valence-electron chi connectivity index (χ2n) is 5.97. The van der Waals surface area contributed by atoms with Gasteiger partial charge in [-0.05, 0) is 49.4 Å². The van der Waals surface area contributed by atoms with Crippen LogP contribution >= 0.6 is 0 Å². The molecule has 0 bridgehead atoms. The van der Waals surface area contributed by atoms with E-state index in [1.165, 1.54) is 0 Å². The Hall–Kier alpha value is -2.44. The first-order valence-corrected chi connectivity index (χ1v) is 8.48. The number of carbonyl (C=O) groups is 1. The molecule has 132 valence electrons. The van der Waals surface area contributed by atoms with Crippen LogP contribution in [0.5, 0.6) is 11.5 Å². The molecule has 0 unspecified atom stereocenters. The van der Waals surface area contributed by atoms with Crippen LogP contribution in [-0.4, -0.2) is 48.1 Å². The van der Waals surface area contributed by atoms with E-state index in [9.17, 15) is 4.79 Å². The Morgan fingerprint density at radius 2 is 2.16 bits per heavy atom. The number of nitrogens with zero attached hydrogens (tertiary/aromatic N) is 2. The number of hydrogen-bond donors (Lipinski definition) is 1. The number of carbonyl (C=O) groups excluding carboxylic acids is 1. The van der Waals surface area contributed by atoms with E-state index >= 15 is 0 Å². The van der Waals surface area contributed by atoms with Gasteiger partial charge < -0.3 is 14.8 Å². The molecule has 0 saturated carbocycles. The molecular formula is C19H23N3O3. The number of ether oxygens (including phenoxy) is 2. The molecule has 3 rings (SSSR count). The third-order valence-electron chi connectivity index (χ3n) is 4.27. The Kier molecular flexibility index (Phi) is 5.63. The molecule has 1 aromatic carbocycles. The van der Waals surface area contributed by atoms with Crippen LogP contribution in [0.25, 0.3) is 0 Å². The summed E-state index contributed by atoms with van der Waals surface area (Å²) in [6.07, 6.45) is 3.37. The molecule has 1 fully saturated rings. The van der Waals surface area contributed by atoms with Crippen LogP contribution in [0.4, 0.5) is 5.69 Å². The van der Waals surface area contributed by atoms with Crippen molar-refractivity contribution in [1.82, 2.24) is 9.88 Å². The Labute approximate surface area is 147 Å². The van der Waals surface area contributed by atoms with Crippen LogP contribution in [0.3, 0.4) is 0 Å². The number of amides is 1. The summed E-state index contributed by atoms with van der Waals surface area (Å²) < 4.78 is 11.3. The molecule has 0 radical (unpaired) electrons. The van der Waals surface area contributed by atoms with E-state index in [1.54, 1.807) is 24.5 Å². The lowest BCUT2D eigenvalue weighted by Crippen LogP contribution is -2.51. The van der Waals surface area contributed by atoms with Crippen molar-refractivity contribution in [2.75, 3.05) is 31.6 Å². The highest BCUT2D eigenvalue weighted by Crippen LogP contribution is 2.27. The van der Waals surface area contributed by atoms with Crippen molar-refractivity contribution in [2.24, 2.45) is 0 Å². The van der Waals surface area contributed by atoms with Crippen LogP contribution in [0.15, 0.2) is 42.7 Å². The standard InChI is InChI=1S/C19H23N3O3/c1-3-22-10-11-24-13-17(22)19(23)21-15-4-5-18(14(2)12-15)25-16-6-8-20-9-7-16/h4-9,12,17H,3,10-11,13H2,1-2H3,(H,21,23)/t17-/m0/s1. The molecule has 1 aromatic heterocycles. The molecule has 2 aromatic rings. The van der Waals surface area contributed by atoms with Crippen molar-refractivity contribution >= 4 is 11.6 Å². The molecular weight excluding hydrogens is 318 g/mol. The molecule has 6 nitrogen and oxygen atoms in total. The maximum absolute atomic E-state index is 12.6. The molecule has 1 atom stereocenters. The Morgan fingerprint density at radius 3 is 2.88 bits per heavy atom. The number of hydrogen-bond acceptors (Lipinski definition) is 5. The highest BCUT2D eigenvalue weighted by atomic mass is 16.5. The summed E-state index contributed by atoms with van der Waals surface area (Å²) in [4.78, 5) is 18.7. The number of anilines is 1. The van der Waals surface area contributed by atoms with E-state index in [1.807, 2.05) is 25.1 Å². The van der Waals surface area contributed by atoms with E-state index in [4.69, 9.17) is 9.47 Å². The predicted octanol–water partition coefficient (Wildman–Crippen LogP) is 2.84. The topological polar surface area (TPSA) is 63.7 Å². The van der Waals surface area contributed by atoms with Gasteiger partial charge >= 0.3 is 0 Å². The second-order valence-corrected chi connectivity index (χ2v) is 5.97. The van der Waals surface area contributed by atoms with Gasteiger partial charge in [-0.2, -0.15) is 0 Å². The first-order chi connectivity index (χ1) is 12.2. The SMILES string of the molecule is CCN1CCOC[C@H]1C(=O)Nc1ccc(Oc2ccncc2)c(C)c1. The van der Waals surface area contributed by atoms with E-state index in [0.29, 0.717) is 13.2 Å². The fourth-order valence-electron chi connectivity index (χ4n) is 2.86. The number of benzene rings is 1. The minimum absolute atomic E-state index is 0.0382. The lowest BCUT2D eigenvalue weighted by molar-refractivity contribution is -0.127. The molecule has 1 aliphatic heterocycles. The van der Waals surface area contributed by atoms with Gasteiger partial charge in [-0.3, -0.25) is 14.7 Å². The van der Waals surface area contributed by atoms with Crippen LogP contribution in [0, 0.1) is 6.92 Å². The number of likely N-dealkylation sites (N-methyl/N-ethyl adjacent to an activating group) is 1. The molecule has 2 heterocycles. The Morgan fingerprint density at radius 1 is 1.36 bits per heavy atom. The van der Waals surface area contributed by atoms with Crippen molar-refractivity contribution in [3.8, 4) is 11.5 Å². The van der Waals surface area contributed by atoms with Gasteiger partial charge in [0, 0.05) is 24.6 Å². The molecule has 0 aliphatic carbocycles. The molecule has 1 aliphatic rings. The molecule has 1 saturated heterocycles. The lowest BCUT2D eigenvalue weighted by atomic mass is 10.1. The summed E-state index contributed by atoms with van der Waals surface area (Å²) in [5.41, 5.74) is 1.70. The van der Waals surface area contributed by atoms with Crippen LogP contribution in [0.1, 0.15) is 12.5 Å². The van der Waals surface area contributed by atoms with E-state index in [-0.39, 0.29) is 11.9 Å². The Bertz CT molecular complexity index is 721. The van der Waals surface area contributed by atoms with Gasteiger partial charge in [0.05, 0.1) is 13.2 Å². The number of nitrogens with one attached hydrogen (secondary N) is 1. The normalized spacial score (nSPS) is 17.9. The van der Waals surface area contributed by atoms with Crippen molar-refractivity contribution in [1.29, 1.82) is 0 Å². The number of aryl methyl sites for hydroxylation is 1. The number of rotatable bonds is 5. The first-order valence-electron chi connectivity index (χ1n) is 8.48. The average Bonchev–Trinajstić information content (AvgIpc) is 2.64. The van der Waals surface area contributed by atoms with Crippen molar-refractivity contribution in [3.05, 3.63) is 48.3 Å². The third-order valence-corrected chi connectivity index (χ3v) is 4.27. The maximum atomic E-state index is 12.6. The summed E-state index contributed by atoms with van der Waals surface area (Å²) in [5.74, 6) is 1.44. The zero-order valence-electron chi connectivity index (χ0n) is 14.6. The van der Waals surface area contributed by atoms with Gasteiger partial charge in [0.2, 0.25) is 5.91 Å². The minimum Gasteiger partial charge on any atom is -0.457 e. The fraction of sp³-hybridized carbons (Fsp3) is 0.368. The average molecular weight is 341 g/mol. The van der Waals surface area contributed by atoms with E-state index < -0.39 is 0 Å². The predicted molar refractivity (Wildman–Crippen MR) is 96.0 cm³/mol. The monoisotopic (exact) mass is 341 g/mol. The highest BCUT2D eigenvalue weighted by Gasteiger charge is 2.28. The summed E-state index contributed by atoms with van der Waals surface area (Å²) in [6, 6.07) is 8.98. The van der Waals surface area contributed by atoms with Gasteiger partial charge in [0.25, 0.3) is 0 Å². The van der Waals surface area contributed by atoms with Crippen molar-refractivity contribution in [2.45, 2.75) is 19.9 Å². The van der Waals surface area contributed by atoms with Crippen molar-refractivity contribution in [3.63, 3.8) is 0 Å². The van der Waals surface area contributed by atoms with Gasteiger partial charge in [-0.25, -0.2) is 0 Å². The molecule has 0 spiro atoms. The Balaban J connectivity index is 1.67. The molecule has 6 heteroatoms. The first kappa shape index (κ1) is 17.4. The fourth-order valence-corrected chi connectivity index (χ4v) is 2.86. The van der Waals surface area contributed by atoms with Crippen molar-refractivity contribution < 1.29 is 14.3 Å². The third kappa shape index (κ3) is 4.35. The van der Waals surface area contributed by atoms with Gasteiger partial charge in [0.1, 0.15) is 17.5 Å². The van der Waals surface area contributed by atoms with Gasteiger partial charge in [-0.15, -0.1) is 0 Å². The summed E-state index contributed by atoms with van der Waals surface area (Å²) in [6.45, 7) is 6.74. The van der Waals surface area contributed by atoms with E-state index in [2.05, 4.69) is 22.1 Å². The quantitative estimate of drug-likeness (QED) is 0.906. The summed E-state index contributed by atoms with van der Waals surface area (Å²) >= 11 is 0. The minimum atomic E-state index is -0.244. The highest BCUT2D eigenvalue weighted by molar-refractivity contribution is 5.95.